The lowest BCUT2D eigenvalue weighted by molar-refractivity contribution is -0.137. The lowest BCUT2D eigenvalue weighted by Gasteiger charge is -2.32. The first-order valence-corrected chi connectivity index (χ1v) is 13.6. The van der Waals surface area contributed by atoms with E-state index in [1.165, 1.54) is 12.1 Å². The van der Waals surface area contributed by atoms with Gasteiger partial charge in [-0.15, -0.1) is 0 Å². The zero-order chi connectivity index (χ0) is 28.1. The Morgan fingerprint density at radius 1 is 0.975 bits per heavy atom. The van der Waals surface area contributed by atoms with E-state index in [9.17, 15) is 14.0 Å². The molecule has 2 heterocycles. The maximum atomic E-state index is 13.9. The van der Waals surface area contributed by atoms with E-state index in [1.807, 2.05) is 66.4 Å². The van der Waals surface area contributed by atoms with Gasteiger partial charge in [-0.1, -0.05) is 54.4 Å². The molecule has 2 N–H and O–H groups in total. The van der Waals surface area contributed by atoms with Crippen LogP contribution in [0.2, 0.25) is 0 Å². The summed E-state index contributed by atoms with van der Waals surface area (Å²) in [4.78, 5) is 31.6. The molecule has 0 bridgehead atoms. The molecule has 7 nitrogen and oxygen atoms in total. The molecule has 0 aliphatic carbocycles. The van der Waals surface area contributed by atoms with Crippen LogP contribution in [0.1, 0.15) is 48.6 Å². The third kappa shape index (κ3) is 6.22. The second kappa shape index (κ2) is 12.2. The number of aromatic nitrogens is 2. The van der Waals surface area contributed by atoms with Crippen LogP contribution in [0.5, 0.6) is 0 Å². The van der Waals surface area contributed by atoms with Gasteiger partial charge in [0.2, 0.25) is 5.91 Å². The van der Waals surface area contributed by atoms with Gasteiger partial charge in [-0.05, 0) is 61.7 Å². The van der Waals surface area contributed by atoms with Crippen LogP contribution in [0, 0.1) is 12.7 Å². The number of aryl methyl sites for hydroxylation is 1. The van der Waals surface area contributed by atoms with Crippen molar-refractivity contribution >= 4 is 23.4 Å². The molecule has 1 amide bonds. The fourth-order valence-electron chi connectivity index (χ4n) is 5.19. The quantitative estimate of drug-likeness (QED) is 0.224. The van der Waals surface area contributed by atoms with Crippen LogP contribution in [0.3, 0.4) is 0 Å². The molecule has 0 saturated heterocycles. The van der Waals surface area contributed by atoms with E-state index in [0.29, 0.717) is 44.6 Å². The topological polar surface area (TPSA) is 87.5 Å². The SMILES string of the molecule is Cc1ccc(Nc2c(-c3ccc(F)cc3)nc3n2CCN(C(=O)C(CCCCC(=O)O)c2ccccc2)C3)cc1. The molecule has 1 atom stereocenters. The highest BCUT2D eigenvalue weighted by Crippen LogP contribution is 2.34. The number of anilines is 2. The van der Waals surface area contributed by atoms with E-state index in [4.69, 9.17) is 10.1 Å². The van der Waals surface area contributed by atoms with Gasteiger partial charge in [-0.3, -0.25) is 9.59 Å². The van der Waals surface area contributed by atoms with Crippen LogP contribution in [0.4, 0.5) is 15.9 Å². The minimum absolute atomic E-state index is 0.0205. The highest BCUT2D eigenvalue weighted by Gasteiger charge is 2.31. The monoisotopic (exact) mass is 540 g/mol. The first kappa shape index (κ1) is 27.1. The lowest BCUT2D eigenvalue weighted by atomic mass is 9.91. The molecule has 0 spiro atoms. The number of carboxylic acid groups (broad SMARTS) is 1. The van der Waals surface area contributed by atoms with Gasteiger partial charge in [-0.25, -0.2) is 9.37 Å². The van der Waals surface area contributed by atoms with Crippen LogP contribution in [0.15, 0.2) is 78.9 Å². The van der Waals surface area contributed by atoms with Crippen molar-refractivity contribution in [2.75, 3.05) is 11.9 Å². The second-order valence-electron chi connectivity index (χ2n) is 10.2. The number of aliphatic carboxylic acids is 1. The van der Waals surface area contributed by atoms with Crippen LogP contribution in [-0.4, -0.2) is 38.0 Å². The van der Waals surface area contributed by atoms with Crippen LogP contribution >= 0.6 is 0 Å². The van der Waals surface area contributed by atoms with Crippen molar-refractivity contribution in [2.24, 2.45) is 0 Å². The predicted octanol–water partition coefficient (Wildman–Crippen LogP) is 6.51. The smallest absolute Gasteiger partial charge is 0.303 e. The summed E-state index contributed by atoms with van der Waals surface area (Å²) in [5.41, 5.74) is 4.50. The maximum absolute atomic E-state index is 13.9. The molecule has 3 aromatic carbocycles. The van der Waals surface area contributed by atoms with Crippen LogP contribution < -0.4 is 5.32 Å². The molecular weight excluding hydrogens is 507 g/mol. The van der Waals surface area contributed by atoms with E-state index in [2.05, 4.69) is 9.88 Å². The fourth-order valence-corrected chi connectivity index (χ4v) is 5.19. The van der Waals surface area contributed by atoms with Crippen molar-refractivity contribution in [3.63, 3.8) is 0 Å². The molecule has 0 radical (unpaired) electrons. The number of rotatable bonds is 10. The van der Waals surface area contributed by atoms with Gasteiger partial charge in [0.15, 0.2) is 0 Å². The second-order valence-corrected chi connectivity index (χ2v) is 10.2. The van der Waals surface area contributed by atoms with Gasteiger partial charge >= 0.3 is 5.97 Å². The van der Waals surface area contributed by atoms with Gasteiger partial charge < -0.3 is 19.9 Å². The zero-order valence-electron chi connectivity index (χ0n) is 22.5. The Balaban J connectivity index is 1.42. The molecular formula is C32H33FN4O3. The first-order chi connectivity index (χ1) is 19.4. The zero-order valence-corrected chi connectivity index (χ0v) is 22.5. The molecule has 8 heteroatoms. The molecule has 0 fully saturated rings. The number of amides is 1. The number of carboxylic acids is 1. The van der Waals surface area contributed by atoms with Gasteiger partial charge in [0.1, 0.15) is 23.2 Å². The first-order valence-electron chi connectivity index (χ1n) is 13.6. The van der Waals surface area contributed by atoms with Crippen molar-refractivity contribution < 1.29 is 19.1 Å². The van der Waals surface area contributed by atoms with E-state index in [0.717, 1.165) is 34.0 Å². The van der Waals surface area contributed by atoms with E-state index in [1.54, 1.807) is 12.1 Å². The highest BCUT2D eigenvalue weighted by atomic mass is 19.1. The fraction of sp³-hybridized carbons (Fsp3) is 0.281. The summed E-state index contributed by atoms with van der Waals surface area (Å²) in [6.07, 6.45) is 1.87. The summed E-state index contributed by atoms with van der Waals surface area (Å²) < 4.78 is 15.8. The molecule has 206 valence electrons. The molecule has 40 heavy (non-hydrogen) atoms. The Kier molecular flexibility index (Phi) is 8.24. The Bertz CT molecular complexity index is 1470. The number of hydrogen-bond acceptors (Lipinski definition) is 4. The largest absolute Gasteiger partial charge is 0.481 e. The van der Waals surface area contributed by atoms with Crippen molar-refractivity contribution in [2.45, 2.75) is 51.6 Å². The summed E-state index contributed by atoms with van der Waals surface area (Å²) in [7, 11) is 0. The molecule has 1 aromatic heterocycles. The number of fused-ring (bicyclic) bond motifs is 1. The van der Waals surface area contributed by atoms with Crippen LogP contribution in [-0.2, 0) is 22.7 Å². The lowest BCUT2D eigenvalue weighted by Crippen LogP contribution is -2.41. The van der Waals surface area contributed by atoms with Crippen molar-refractivity contribution in [1.82, 2.24) is 14.5 Å². The Hall–Kier alpha value is -4.46. The standard InChI is InChI=1S/C32H33FN4O3/c1-22-11-17-26(18-12-22)34-31-30(24-13-15-25(33)16-14-24)35-28-21-36(19-20-37(28)31)32(40)27(9-5-6-10-29(38)39)23-7-3-2-4-8-23/h2-4,7-8,11-18,27,34H,5-6,9-10,19-21H2,1H3,(H,38,39). The number of halogens is 1. The van der Waals surface area contributed by atoms with Crippen molar-refractivity contribution in [3.8, 4) is 11.3 Å². The van der Waals surface area contributed by atoms with Gasteiger partial charge in [-0.2, -0.15) is 0 Å². The van der Waals surface area contributed by atoms with Gasteiger partial charge in [0.05, 0.1) is 12.5 Å². The van der Waals surface area contributed by atoms with E-state index >= 15 is 0 Å². The minimum Gasteiger partial charge on any atom is -0.481 e. The molecule has 4 aromatic rings. The molecule has 1 aliphatic heterocycles. The Labute approximate surface area is 233 Å². The summed E-state index contributed by atoms with van der Waals surface area (Å²) >= 11 is 0. The number of hydrogen-bond donors (Lipinski definition) is 2. The van der Waals surface area contributed by atoms with Crippen molar-refractivity contribution in [3.05, 3.63) is 102 Å². The number of carbonyl (C=O) groups excluding carboxylic acids is 1. The number of imidazole rings is 1. The normalized spacial score (nSPS) is 13.5. The third-order valence-electron chi connectivity index (χ3n) is 7.35. The molecule has 5 rings (SSSR count). The minimum atomic E-state index is -0.822. The third-order valence-corrected chi connectivity index (χ3v) is 7.35. The van der Waals surface area contributed by atoms with Gasteiger partial charge in [0.25, 0.3) is 0 Å². The summed E-state index contributed by atoms with van der Waals surface area (Å²) in [6, 6.07) is 24.1. The molecule has 1 aliphatic rings. The number of carbonyl (C=O) groups is 2. The molecule has 1 unspecified atom stereocenters. The average Bonchev–Trinajstić information content (AvgIpc) is 3.32. The molecule has 0 saturated carbocycles. The summed E-state index contributed by atoms with van der Waals surface area (Å²) in [6.45, 7) is 3.46. The van der Waals surface area contributed by atoms with Crippen LogP contribution in [0.25, 0.3) is 11.3 Å². The maximum Gasteiger partial charge on any atom is 0.303 e. The summed E-state index contributed by atoms with van der Waals surface area (Å²) in [5, 5.41) is 12.5. The Morgan fingerprint density at radius 2 is 1.70 bits per heavy atom. The van der Waals surface area contributed by atoms with E-state index in [-0.39, 0.29) is 24.1 Å². The van der Waals surface area contributed by atoms with Crippen molar-refractivity contribution in [1.29, 1.82) is 0 Å². The number of nitrogens with one attached hydrogen (secondary N) is 1. The average molecular weight is 541 g/mol. The number of benzene rings is 3. The summed E-state index contributed by atoms with van der Waals surface area (Å²) in [5.74, 6) is 0.104. The predicted molar refractivity (Wildman–Crippen MR) is 153 cm³/mol. The highest BCUT2D eigenvalue weighted by molar-refractivity contribution is 5.84. The number of unbranched alkanes of at least 4 members (excludes halogenated alkanes) is 1. The van der Waals surface area contributed by atoms with E-state index < -0.39 is 5.97 Å². The Morgan fingerprint density at radius 3 is 2.40 bits per heavy atom. The number of nitrogens with zero attached hydrogens (tertiary/aromatic N) is 3. The van der Waals surface area contributed by atoms with Gasteiger partial charge in [0, 0.05) is 30.8 Å².